The molecule has 0 aromatic carbocycles. The SMILES string of the molecule is Cc1nn(C)cc1NC(=O)CCc1ccnn1C. The van der Waals surface area contributed by atoms with Crippen molar-refractivity contribution in [3.63, 3.8) is 0 Å². The van der Waals surface area contributed by atoms with Crippen LogP contribution in [0.4, 0.5) is 5.69 Å². The summed E-state index contributed by atoms with van der Waals surface area (Å²) in [6.45, 7) is 1.87. The summed E-state index contributed by atoms with van der Waals surface area (Å²) in [5.41, 5.74) is 2.65. The number of nitrogens with zero attached hydrogens (tertiary/aromatic N) is 4. The first-order chi connectivity index (χ1) is 8.56. The van der Waals surface area contributed by atoms with E-state index in [9.17, 15) is 4.79 Å². The molecule has 0 aliphatic rings. The average Bonchev–Trinajstić information content (AvgIpc) is 2.83. The van der Waals surface area contributed by atoms with Gasteiger partial charge in [0.05, 0.1) is 11.4 Å². The zero-order chi connectivity index (χ0) is 13.1. The van der Waals surface area contributed by atoms with Crippen LogP contribution in [0.5, 0.6) is 0 Å². The highest BCUT2D eigenvalue weighted by Gasteiger charge is 2.08. The number of anilines is 1. The van der Waals surface area contributed by atoms with Crippen LogP contribution in [-0.2, 0) is 25.3 Å². The van der Waals surface area contributed by atoms with Gasteiger partial charge in [-0.2, -0.15) is 10.2 Å². The number of aromatic nitrogens is 4. The van der Waals surface area contributed by atoms with Gasteiger partial charge in [-0.15, -0.1) is 0 Å². The van der Waals surface area contributed by atoms with Gasteiger partial charge < -0.3 is 5.32 Å². The largest absolute Gasteiger partial charge is 0.323 e. The van der Waals surface area contributed by atoms with Crippen LogP contribution < -0.4 is 5.32 Å². The van der Waals surface area contributed by atoms with Gasteiger partial charge in [-0.05, 0) is 19.4 Å². The van der Waals surface area contributed by atoms with Crippen LogP contribution in [0.15, 0.2) is 18.5 Å². The monoisotopic (exact) mass is 247 g/mol. The van der Waals surface area contributed by atoms with Crippen molar-refractivity contribution in [2.24, 2.45) is 14.1 Å². The molecule has 2 heterocycles. The van der Waals surface area contributed by atoms with Gasteiger partial charge in [0.25, 0.3) is 0 Å². The van der Waals surface area contributed by atoms with E-state index in [-0.39, 0.29) is 5.91 Å². The maximum absolute atomic E-state index is 11.8. The van der Waals surface area contributed by atoms with E-state index in [1.54, 1.807) is 21.8 Å². The standard InChI is InChI=1S/C12H17N5O/c1-9-11(8-16(2)15-9)14-12(18)5-4-10-6-7-13-17(10)3/h6-8H,4-5H2,1-3H3,(H,14,18). The third-order valence-corrected chi connectivity index (χ3v) is 2.82. The minimum atomic E-state index is -0.00713. The van der Waals surface area contributed by atoms with E-state index < -0.39 is 0 Å². The van der Waals surface area contributed by atoms with Gasteiger partial charge in [0.1, 0.15) is 0 Å². The molecule has 18 heavy (non-hydrogen) atoms. The van der Waals surface area contributed by atoms with Crippen LogP contribution in [0, 0.1) is 6.92 Å². The third-order valence-electron chi connectivity index (χ3n) is 2.82. The zero-order valence-corrected chi connectivity index (χ0v) is 10.8. The van der Waals surface area contributed by atoms with E-state index in [0.717, 1.165) is 17.1 Å². The molecule has 0 radical (unpaired) electrons. The molecule has 0 aliphatic heterocycles. The van der Waals surface area contributed by atoms with Crippen molar-refractivity contribution in [3.8, 4) is 0 Å². The molecule has 0 spiro atoms. The van der Waals surface area contributed by atoms with Crippen LogP contribution in [0.1, 0.15) is 17.8 Å². The minimum absolute atomic E-state index is 0.00713. The van der Waals surface area contributed by atoms with Crippen LogP contribution in [-0.4, -0.2) is 25.5 Å². The highest BCUT2D eigenvalue weighted by molar-refractivity contribution is 5.91. The molecule has 2 aromatic heterocycles. The number of aryl methyl sites for hydroxylation is 4. The lowest BCUT2D eigenvalue weighted by atomic mass is 10.2. The fourth-order valence-electron chi connectivity index (χ4n) is 1.82. The first kappa shape index (κ1) is 12.3. The molecule has 0 unspecified atom stereocenters. The van der Waals surface area contributed by atoms with Crippen LogP contribution in [0.2, 0.25) is 0 Å². The number of amides is 1. The van der Waals surface area contributed by atoms with Crippen molar-refractivity contribution < 1.29 is 4.79 Å². The summed E-state index contributed by atoms with van der Waals surface area (Å²) in [4.78, 5) is 11.8. The summed E-state index contributed by atoms with van der Waals surface area (Å²) in [5.74, 6) is -0.00713. The lowest BCUT2D eigenvalue weighted by molar-refractivity contribution is -0.116. The van der Waals surface area contributed by atoms with E-state index in [0.29, 0.717) is 12.8 Å². The lowest BCUT2D eigenvalue weighted by Gasteiger charge is -2.04. The summed E-state index contributed by atoms with van der Waals surface area (Å²) in [5, 5.41) is 11.1. The van der Waals surface area contributed by atoms with Crippen molar-refractivity contribution in [1.82, 2.24) is 19.6 Å². The highest BCUT2D eigenvalue weighted by Crippen LogP contribution is 2.12. The van der Waals surface area contributed by atoms with Gasteiger partial charge in [0.2, 0.25) is 5.91 Å². The maximum Gasteiger partial charge on any atom is 0.224 e. The summed E-state index contributed by atoms with van der Waals surface area (Å²) < 4.78 is 3.47. The van der Waals surface area contributed by atoms with Crippen LogP contribution >= 0.6 is 0 Å². The fraction of sp³-hybridized carbons (Fsp3) is 0.417. The second-order valence-corrected chi connectivity index (χ2v) is 4.30. The normalized spacial score (nSPS) is 10.6. The van der Waals surface area contributed by atoms with Crippen LogP contribution in [0.3, 0.4) is 0 Å². The smallest absolute Gasteiger partial charge is 0.224 e. The molecule has 6 nitrogen and oxygen atoms in total. The second kappa shape index (κ2) is 5.03. The Balaban J connectivity index is 1.90. The number of carbonyl (C=O) groups is 1. The molecule has 0 saturated carbocycles. The molecule has 6 heteroatoms. The van der Waals surface area contributed by atoms with Gasteiger partial charge in [-0.25, -0.2) is 0 Å². The molecule has 1 N–H and O–H groups in total. The number of hydrogen-bond donors (Lipinski definition) is 1. The van der Waals surface area contributed by atoms with E-state index in [4.69, 9.17) is 0 Å². The van der Waals surface area contributed by atoms with Crippen LogP contribution in [0.25, 0.3) is 0 Å². The van der Waals surface area contributed by atoms with Crippen molar-refractivity contribution in [2.45, 2.75) is 19.8 Å². The summed E-state index contributed by atoms with van der Waals surface area (Å²) >= 11 is 0. The van der Waals surface area contributed by atoms with Gasteiger partial charge in [-0.1, -0.05) is 0 Å². The van der Waals surface area contributed by atoms with Crippen molar-refractivity contribution in [2.75, 3.05) is 5.32 Å². The summed E-state index contributed by atoms with van der Waals surface area (Å²) in [6.07, 6.45) is 4.66. The Labute approximate surface area is 106 Å². The lowest BCUT2D eigenvalue weighted by Crippen LogP contribution is -2.13. The maximum atomic E-state index is 11.8. The van der Waals surface area contributed by atoms with Crippen molar-refractivity contribution in [1.29, 1.82) is 0 Å². The Morgan fingerprint density at radius 1 is 1.44 bits per heavy atom. The summed E-state index contributed by atoms with van der Waals surface area (Å²) in [6, 6.07) is 1.92. The van der Waals surface area contributed by atoms with Gasteiger partial charge in [0, 0.05) is 38.6 Å². The molecule has 0 aliphatic carbocycles. The van der Waals surface area contributed by atoms with Crippen molar-refractivity contribution in [3.05, 3.63) is 29.8 Å². The Kier molecular flexibility index (Phi) is 3.45. The fourth-order valence-corrected chi connectivity index (χ4v) is 1.82. The van der Waals surface area contributed by atoms with Crippen molar-refractivity contribution >= 4 is 11.6 Å². The topological polar surface area (TPSA) is 64.7 Å². The molecule has 96 valence electrons. The predicted molar refractivity (Wildman–Crippen MR) is 68.1 cm³/mol. The molecule has 1 amide bonds. The van der Waals surface area contributed by atoms with E-state index in [1.807, 2.05) is 27.1 Å². The van der Waals surface area contributed by atoms with E-state index in [2.05, 4.69) is 15.5 Å². The Morgan fingerprint density at radius 3 is 2.78 bits per heavy atom. The molecule has 0 bridgehead atoms. The summed E-state index contributed by atoms with van der Waals surface area (Å²) in [7, 11) is 3.71. The Hall–Kier alpha value is -2.11. The second-order valence-electron chi connectivity index (χ2n) is 4.30. The quantitative estimate of drug-likeness (QED) is 0.877. The molecule has 0 atom stereocenters. The number of rotatable bonds is 4. The first-order valence-electron chi connectivity index (χ1n) is 5.83. The predicted octanol–water partition coefficient (Wildman–Crippen LogP) is 1.03. The number of nitrogens with one attached hydrogen (secondary N) is 1. The Bertz CT molecular complexity index is 555. The molecular weight excluding hydrogens is 230 g/mol. The molecule has 0 fully saturated rings. The Morgan fingerprint density at radius 2 is 2.22 bits per heavy atom. The van der Waals surface area contributed by atoms with Gasteiger partial charge in [0.15, 0.2) is 0 Å². The zero-order valence-electron chi connectivity index (χ0n) is 10.8. The molecular formula is C12H17N5O. The molecule has 0 saturated heterocycles. The molecule has 2 rings (SSSR count). The third kappa shape index (κ3) is 2.77. The average molecular weight is 247 g/mol. The number of hydrogen-bond acceptors (Lipinski definition) is 3. The van der Waals surface area contributed by atoms with Gasteiger partial charge >= 0.3 is 0 Å². The van der Waals surface area contributed by atoms with Gasteiger partial charge in [-0.3, -0.25) is 14.2 Å². The number of carbonyl (C=O) groups excluding carboxylic acids is 1. The molecule has 2 aromatic rings. The van der Waals surface area contributed by atoms with E-state index in [1.165, 1.54) is 0 Å². The van der Waals surface area contributed by atoms with E-state index >= 15 is 0 Å². The first-order valence-corrected chi connectivity index (χ1v) is 5.83. The highest BCUT2D eigenvalue weighted by atomic mass is 16.1. The minimum Gasteiger partial charge on any atom is -0.323 e.